The monoisotopic (exact) mass is 250 g/mol. The van der Waals surface area contributed by atoms with Crippen molar-refractivity contribution in [2.24, 2.45) is 0 Å². The van der Waals surface area contributed by atoms with Gasteiger partial charge in [-0.15, -0.1) is 12.3 Å². The van der Waals surface area contributed by atoms with Crippen LogP contribution in [0.2, 0.25) is 5.02 Å². The molecule has 1 amide bonds. The van der Waals surface area contributed by atoms with Crippen molar-refractivity contribution in [2.75, 3.05) is 12.3 Å². The second kappa shape index (κ2) is 6.82. The molecule has 0 atom stereocenters. The minimum absolute atomic E-state index is 0.206. The lowest BCUT2D eigenvalue weighted by atomic mass is 10.2. The molecule has 0 heterocycles. The Morgan fingerprint density at radius 1 is 1.47 bits per heavy atom. The number of carbonyl (C=O) groups excluding carboxylic acids is 1. The number of unbranched alkanes of at least 4 members (excludes halogenated alkanes) is 2. The van der Waals surface area contributed by atoms with E-state index < -0.39 is 0 Å². The highest BCUT2D eigenvalue weighted by Gasteiger charge is 2.09. The van der Waals surface area contributed by atoms with Crippen LogP contribution < -0.4 is 11.1 Å². The number of halogens is 1. The van der Waals surface area contributed by atoms with E-state index in [1.54, 1.807) is 18.2 Å². The topological polar surface area (TPSA) is 55.1 Å². The highest BCUT2D eigenvalue weighted by molar-refractivity contribution is 6.34. The highest BCUT2D eigenvalue weighted by atomic mass is 35.5. The van der Waals surface area contributed by atoms with E-state index in [0.29, 0.717) is 22.8 Å². The van der Waals surface area contributed by atoms with Gasteiger partial charge in [-0.05, 0) is 31.0 Å². The fourth-order valence-electron chi connectivity index (χ4n) is 1.37. The molecule has 0 unspecified atom stereocenters. The summed E-state index contributed by atoms with van der Waals surface area (Å²) in [5.74, 6) is 2.35. The van der Waals surface area contributed by atoms with Gasteiger partial charge in [-0.1, -0.05) is 11.6 Å². The minimum Gasteiger partial charge on any atom is -0.399 e. The predicted octanol–water partition coefficient (Wildman–Crippen LogP) is 2.46. The average Bonchev–Trinajstić information content (AvgIpc) is 2.32. The molecule has 0 fully saturated rings. The summed E-state index contributed by atoms with van der Waals surface area (Å²) in [7, 11) is 0. The van der Waals surface area contributed by atoms with Gasteiger partial charge in [0.1, 0.15) is 0 Å². The lowest BCUT2D eigenvalue weighted by molar-refractivity contribution is 0.0953. The molecule has 0 bridgehead atoms. The van der Waals surface area contributed by atoms with E-state index in [2.05, 4.69) is 11.2 Å². The number of rotatable bonds is 5. The minimum atomic E-state index is -0.206. The fourth-order valence-corrected chi connectivity index (χ4v) is 1.57. The Morgan fingerprint density at radius 2 is 2.24 bits per heavy atom. The summed E-state index contributed by atoms with van der Waals surface area (Å²) in [4.78, 5) is 11.8. The molecule has 1 aromatic carbocycles. The van der Waals surface area contributed by atoms with E-state index in [1.807, 2.05) is 0 Å². The van der Waals surface area contributed by atoms with Crippen molar-refractivity contribution in [3.63, 3.8) is 0 Å². The Balaban J connectivity index is 2.47. The van der Waals surface area contributed by atoms with E-state index in [9.17, 15) is 4.79 Å². The maximum atomic E-state index is 11.8. The van der Waals surface area contributed by atoms with Gasteiger partial charge in [0, 0.05) is 18.7 Å². The first-order valence-corrected chi connectivity index (χ1v) is 5.79. The van der Waals surface area contributed by atoms with Crippen LogP contribution in [0.3, 0.4) is 0 Å². The fraction of sp³-hybridized carbons (Fsp3) is 0.308. The largest absolute Gasteiger partial charge is 0.399 e. The maximum absolute atomic E-state index is 11.8. The number of nitrogens with two attached hydrogens (primary N) is 1. The molecule has 17 heavy (non-hydrogen) atoms. The lowest BCUT2D eigenvalue weighted by Gasteiger charge is -2.07. The Morgan fingerprint density at radius 3 is 2.94 bits per heavy atom. The molecular weight excluding hydrogens is 236 g/mol. The molecule has 3 N–H and O–H groups in total. The van der Waals surface area contributed by atoms with Gasteiger partial charge < -0.3 is 11.1 Å². The number of hydrogen-bond acceptors (Lipinski definition) is 2. The van der Waals surface area contributed by atoms with Gasteiger partial charge in [0.05, 0.1) is 10.6 Å². The Labute approximate surface area is 106 Å². The molecule has 0 aliphatic rings. The molecule has 1 rings (SSSR count). The van der Waals surface area contributed by atoms with Crippen LogP contribution in [0.5, 0.6) is 0 Å². The summed E-state index contributed by atoms with van der Waals surface area (Å²) < 4.78 is 0. The second-order valence-electron chi connectivity index (χ2n) is 3.66. The van der Waals surface area contributed by atoms with Crippen molar-refractivity contribution >= 4 is 23.2 Å². The van der Waals surface area contributed by atoms with Crippen LogP contribution in [0.15, 0.2) is 18.2 Å². The first-order valence-electron chi connectivity index (χ1n) is 5.42. The van der Waals surface area contributed by atoms with Crippen molar-refractivity contribution in [1.82, 2.24) is 5.32 Å². The van der Waals surface area contributed by atoms with Crippen molar-refractivity contribution in [1.29, 1.82) is 0 Å². The molecule has 0 aromatic heterocycles. The molecule has 4 heteroatoms. The normalized spacial score (nSPS) is 9.65. The van der Waals surface area contributed by atoms with E-state index in [4.69, 9.17) is 23.8 Å². The van der Waals surface area contributed by atoms with Gasteiger partial charge in [-0.2, -0.15) is 0 Å². The summed E-state index contributed by atoms with van der Waals surface area (Å²) in [6.45, 7) is 0.589. The van der Waals surface area contributed by atoms with Crippen LogP contribution in [0.4, 0.5) is 5.69 Å². The van der Waals surface area contributed by atoms with Gasteiger partial charge in [0.15, 0.2) is 0 Å². The number of benzene rings is 1. The number of terminal acetylenes is 1. The molecule has 0 saturated carbocycles. The molecule has 0 radical (unpaired) electrons. The Kier molecular flexibility index (Phi) is 5.38. The first kappa shape index (κ1) is 13.4. The number of nitrogen functional groups attached to an aromatic ring is 1. The summed E-state index contributed by atoms with van der Waals surface area (Å²) in [6.07, 6.45) is 7.62. The summed E-state index contributed by atoms with van der Waals surface area (Å²) in [6, 6.07) is 4.84. The summed E-state index contributed by atoms with van der Waals surface area (Å²) in [5.41, 5.74) is 6.53. The van der Waals surface area contributed by atoms with Crippen molar-refractivity contribution in [3.8, 4) is 12.3 Å². The summed E-state index contributed by atoms with van der Waals surface area (Å²) >= 11 is 5.91. The number of carbonyl (C=O) groups is 1. The van der Waals surface area contributed by atoms with E-state index in [1.165, 1.54) is 0 Å². The zero-order valence-corrected chi connectivity index (χ0v) is 10.3. The van der Waals surface area contributed by atoms with Crippen molar-refractivity contribution in [2.45, 2.75) is 19.3 Å². The van der Waals surface area contributed by atoms with Gasteiger partial charge >= 0.3 is 0 Å². The second-order valence-corrected chi connectivity index (χ2v) is 4.06. The maximum Gasteiger partial charge on any atom is 0.252 e. The van der Waals surface area contributed by atoms with E-state index in [-0.39, 0.29) is 5.91 Å². The number of amides is 1. The van der Waals surface area contributed by atoms with Gasteiger partial charge in [-0.3, -0.25) is 4.79 Å². The van der Waals surface area contributed by atoms with E-state index >= 15 is 0 Å². The van der Waals surface area contributed by atoms with Crippen molar-refractivity contribution < 1.29 is 4.79 Å². The van der Waals surface area contributed by atoms with Crippen LogP contribution >= 0.6 is 11.6 Å². The molecular formula is C13H15ClN2O. The molecule has 0 spiro atoms. The third-order valence-corrected chi connectivity index (χ3v) is 2.60. The molecule has 0 saturated heterocycles. The van der Waals surface area contributed by atoms with Crippen LogP contribution in [0.1, 0.15) is 29.6 Å². The Hall–Kier alpha value is -1.66. The quantitative estimate of drug-likeness (QED) is 0.479. The van der Waals surface area contributed by atoms with Crippen molar-refractivity contribution in [3.05, 3.63) is 28.8 Å². The van der Waals surface area contributed by atoms with E-state index in [0.717, 1.165) is 19.3 Å². The Bertz CT molecular complexity index is 438. The smallest absolute Gasteiger partial charge is 0.252 e. The summed E-state index contributed by atoms with van der Waals surface area (Å²) in [5, 5.41) is 3.18. The standard InChI is InChI=1S/C13H15ClN2O/c1-2-3-4-5-8-16-13(17)11-9-10(15)6-7-12(11)14/h1,6-7,9H,3-5,8,15H2,(H,16,17). The van der Waals surface area contributed by atoms with Crippen LogP contribution in [-0.4, -0.2) is 12.5 Å². The van der Waals surface area contributed by atoms with Gasteiger partial charge in [-0.25, -0.2) is 0 Å². The molecule has 0 aliphatic heterocycles. The lowest BCUT2D eigenvalue weighted by Crippen LogP contribution is -2.24. The third-order valence-electron chi connectivity index (χ3n) is 2.27. The highest BCUT2D eigenvalue weighted by Crippen LogP contribution is 2.18. The number of hydrogen-bond donors (Lipinski definition) is 2. The number of nitrogens with one attached hydrogen (secondary N) is 1. The molecule has 0 aliphatic carbocycles. The van der Waals surface area contributed by atoms with Crippen LogP contribution in [0.25, 0.3) is 0 Å². The predicted molar refractivity (Wildman–Crippen MR) is 70.9 cm³/mol. The average molecular weight is 251 g/mol. The zero-order valence-electron chi connectivity index (χ0n) is 9.50. The third kappa shape index (κ3) is 4.38. The van der Waals surface area contributed by atoms with Crippen LogP contribution in [0, 0.1) is 12.3 Å². The number of anilines is 1. The van der Waals surface area contributed by atoms with Gasteiger partial charge in [0.2, 0.25) is 0 Å². The van der Waals surface area contributed by atoms with Gasteiger partial charge in [0.25, 0.3) is 5.91 Å². The van der Waals surface area contributed by atoms with Crippen LogP contribution in [-0.2, 0) is 0 Å². The molecule has 90 valence electrons. The zero-order chi connectivity index (χ0) is 12.7. The molecule has 3 nitrogen and oxygen atoms in total. The molecule has 1 aromatic rings. The first-order chi connectivity index (χ1) is 8.15. The SMILES string of the molecule is C#CCCCCNC(=O)c1cc(N)ccc1Cl.